The van der Waals surface area contributed by atoms with Crippen LogP contribution in [0.3, 0.4) is 0 Å². The van der Waals surface area contributed by atoms with Crippen LogP contribution in [0.4, 0.5) is 0 Å². The van der Waals surface area contributed by atoms with Crippen LogP contribution in [0.25, 0.3) is 22.3 Å². The predicted molar refractivity (Wildman–Crippen MR) is 242 cm³/mol. The van der Waals surface area contributed by atoms with Gasteiger partial charge < -0.3 is 0 Å². The first-order valence-electron chi connectivity index (χ1n) is 19.1. The third-order valence-electron chi connectivity index (χ3n) is 9.97. The van der Waals surface area contributed by atoms with Gasteiger partial charge in [-0.15, -0.1) is 0 Å². The summed E-state index contributed by atoms with van der Waals surface area (Å²) in [4.78, 5) is 5.02. The van der Waals surface area contributed by atoms with Gasteiger partial charge in [-0.25, -0.2) is 0 Å². The highest BCUT2D eigenvalue weighted by molar-refractivity contribution is 6.01. The molecule has 1 unspecified atom stereocenters. The van der Waals surface area contributed by atoms with Crippen LogP contribution in [0.15, 0.2) is 234 Å². The van der Waals surface area contributed by atoms with E-state index < -0.39 is 0 Å². The standard InChI is InChI=1S/C54H53N/c1-9-13-23-43(10-2)54(51-38-48(33-32-40(51)6)46-26-19-15-20-27-46)50-37-35-44(34-36-49(50)42(8)45-24-17-14-18-25-45)39(5)30-31-41(7)52(11-3)55-53(12-4)47-28-21-16-22-29-47/h9-11,13-38,44H,2-3,5,12H2,1,4,6-8H3/b13-9-,31-30-,43-23+,49-42+,52-41+,54-50-,55-53?. The van der Waals surface area contributed by atoms with Crippen molar-refractivity contribution < 1.29 is 0 Å². The number of allylic oxidation sites excluding steroid dienone is 18. The molecule has 0 aromatic heterocycles. The molecule has 0 spiro atoms. The molecule has 55 heavy (non-hydrogen) atoms. The third-order valence-corrected chi connectivity index (χ3v) is 9.97. The van der Waals surface area contributed by atoms with Crippen molar-refractivity contribution in [3.63, 3.8) is 0 Å². The Hall–Kier alpha value is -6.31. The quantitative estimate of drug-likeness (QED) is 0.0965. The van der Waals surface area contributed by atoms with Crippen LogP contribution >= 0.6 is 0 Å². The fourth-order valence-electron chi connectivity index (χ4n) is 6.74. The van der Waals surface area contributed by atoms with Gasteiger partial charge in [-0.2, -0.15) is 0 Å². The summed E-state index contributed by atoms with van der Waals surface area (Å²) in [6, 6.07) is 38.3. The van der Waals surface area contributed by atoms with E-state index in [0.717, 1.165) is 56.8 Å². The number of hydrogen-bond acceptors (Lipinski definition) is 1. The van der Waals surface area contributed by atoms with Crippen LogP contribution in [0, 0.1) is 12.8 Å². The number of benzene rings is 4. The SMILES string of the molecule is C=CC(=C\C=C/C)/C(=C1\C=CC(C(=C)/C=C\C(C)=C(/C=C)N=C(CC)c2ccccc2)C=C\C1=C(\C)c1ccccc1)c1cc(-c2ccccc2)ccc1C. The fourth-order valence-corrected chi connectivity index (χ4v) is 6.74. The number of rotatable bonds is 13. The topological polar surface area (TPSA) is 12.4 Å². The molecular formula is C54H53N. The molecule has 1 nitrogen and oxygen atoms in total. The highest BCUT2D eigenvalue weighted by Crippen LogP contribution is 2.40. The van der Waals surface area contributed by atoms with Crippen molar-refractivity contribution >= 4 is 16.9 Å². The fraction of sp³-hybridized carbons (Fsp3) is 0.130. The Morgan fingerprint density at radius 2 is 1.35 bits per heavy atom. The second kappa shape index (κ2) is 19.7. The van der Waals surface area contributed by atoms with Crippen molar-refractivity contribution in [3.05, 3.63) is 252 Å². The molecule has 274 valence electrons. The van der Waals surface area contributed by atoms with Crippen LogP contribution < -0.4 is 0 Å². The minimum Gasteiger partial charge on any atom is -0.253 e. The molecule has 1 aliphatic rings. The summed E-state index contributed by atoms with van der Waals surface area (Å²) < 4.78 is 0. The molecular weight excluding hydrogens is 663 g/mol. The van der Waals surface area contributed by atoms with Crippen LogP contribution in [-0.4, -0.2) is 5.71 Å². The van der Waals surface area contributed by atoms with E-state index in [1.54, 1.807) is 0 Å². The Morgan fingerprint density at radius 3 is 1.95 bits per heavy atom. The molecule has 0 N–H and O–H groups in total. The van der Waals surface area contributed by atoms with Gasteiger partial charge in [-0.3, -0.25) is 4.99 Å². The third kappa shape index (κ3) is 10.0. The number of aryl methyl sites for hydroxylation is 1. The normalized spacial score (nSPS) is 17.2. The Kier molecular flexibility index (Phi) is 14.3. The summed E-state index contributed by atoms with van der Waals surface area (Å²) in [6.45, 7) is 23.7. The van der Waals surface area contributed by atoms with Crippen molar-refractivity contribution in [2.75, 3.05) is 0 Å². The summed E-state index contributed by atoms with van der Waals surface area (Å²) >= 11 is 0. The molecule has 0 heterocycles. The molecule has 0 fully saturated rings. The van der Waals surface area contributed by atoms with Gasteiger partial charge in [0, 0.05) is 11.6 Å². The molecule has 0 saturated carbocycles. The van der Waals surface area contributed by atoms with Crippen LogP contribution in [0.5, 0.6) is 0 Å². The van der Waals surface area contributed by atoms with Crippen molar-refractivity contribution in [2.24, 2.45) is 10.9 Å². The lowest BCUT2D eigenvalue weighted by atomic mass is 9.83. The van der Waals surface area contributed by atoms with Gasteiger partial charge >= 0.3 is 0 Å². The predicted octanol–water partition coefficient (Wildman–Crippen LogP) is 14.8. The first-order chi connectivity index (χ1) is 26.8. The second-order valence-electron chi connectivity index (χ2n) is 13.6. The van der Waals surface area contributed by atoms with Crippen LogP contribution in [0.1, 0.15) is 56.4 Å². The Labute approximate surface area is 330 Å². The lowest BCUT2D eigenvalue weighted by Crippen LogP contribution is -2.00. The Morgan fingerprint density at radius 1 is 0.727 bits per heavy atom. The van der Waals surface area contributed by atoms with Crippen molar-refractivity contribution in [3.8, 4) is 11.1 Å². The highest BCUT2D eigenvalue weighted by atomic mass is 14.8. The zero-order chi connectivity index (χ0) is 39.2. The summed E-state index contributed by atoms with van der Waals surface area (Å²) in [5, 5.41) is 0. The summed E-state index contributed by atoms with van der Waals surface area (Å²) in [5.74, 6) is -0.0315. The van der Waals surface area contributed by atoms with Crippen molar-refractivity contribution in [1.82, 2.24) is 0 Å². The smallest absolute Gasteiger partial charge is 0.0656 e. The molecule has 1 atom stereocenters. The van der Waals surface area contributed by atoms with E-state index in [0.29, 0.717) is 0 Å². The van der Waals surface area contributed by atoms with Crippen molar-refractivity contribution in [1.29, 1.82) is 0 Å². The van der Waals surface area contributed by atoms with Crippen LogP contribution in [0.2, 0.25) is 0 Å². The highest BCUT2D eigenvalue weighted by Gasteiger charge is 2.21. The molecule has 0 saturated heterocycles. The zero-order valence-electron chi connectivity index (χ0n) is 33.1. The molecule has 0 aliphatic heterocycles. The first kappa shape index (κ1) is 39.9. The monoisotopic (exact) mass is 715 g/mol. The molecule has 0 bridgehead atoms. The van der Waals surface area contributed by atoms with Crippen LogP contribution in [-0.2, 0) is 0 Å². The Balaban J connectivity index is 1.68. The number of aliphatic imine (C=N–C) groups is 1. The van der Waals surface area contributed by atoms with E-state index in [9.17, 15) is 0 Å². The summed E-state index contributed by atoms with van der Waals surface area (Å²) in [7, 11) is 0. The minimum absolute atomic E-state index is 0.0315. The maximum Gasteiger partial charge on any atom is 0.0656 e. The Bertz CT molecular complexity index is 2290. The second-order valence-corrected chi connectivity index (χ2v) is 13.6. The molecule has 1 aliphatic carbocycles. The maximum absolute atomic E-state index is 5.02. The van der Waals surface area contributed by atoms with E-state index in [-0.39, 0.29) is 5.92 Å². The average molecular weight is 716 g/mol. The van der Waals surface area contributed by atoms with E-state index in [4.69, 9.17) is 4.99 Å². The zero-order valence-corrected chi connectivity index (χ0v) is 33.1. The van der Waals surface area contributed by atoms with E-state index >= 15 is 0 Å². The minimum atomic E-state index is -0.0315. The van der Waals surface area contributed by atoms with Gasteiger partial charge in [0.1, 0.15) is 0 Å². The summed E-state index contributed by atoms with van der Waals surface area (Å²) in [6.07, 6.45) is 24.3. The summed E-state index contributed by atoms with van der Waals surface area (Å²) in [5.41, 5.74) is 16.6. The lowest BCUT2D eigenvalue weighted by Gasteiger charge is -2.20. The lowest BCUT2D eigenvalue weighted by molar-refractivity contribution is 1.01. The molecule has 1 heteroatoms. The van der Waals surface area contributed by atoms with Gasteiger partial charge in [0.15, 0.2) is 0 Å². The average Bonchev–Trinajstić information content (AvgIpc) is 3.46. The molecule has 4 aromatic rings. The molecule has 0 amide bonds. The first-order valence-corrected chi connectivity index (χ1v) is 19.1. The van der Waals surface area contributed by atoms with Crippen molar-refractivity contribution in [2.45, 2.75) is 41.0 Å². The maximum atomic E-state index is 5.02. The molecule has 4 aromatic carbocycles. The van der Waals surface area contributed by atoms with Gasteiger partial charge in [-0.1, -0.05) is 191 Å². The van der Waals surface area contributed by atoms with Gasteiger partial charge in [0.05, 0.1) is 5.70 Å². The largest absolute Gasteiger partial charge is 0.253 e. The van der Waals surface area contributed by atoms with Gasteiger partial charge in [0.25, 0.3) is 0 Å². The van der Waals surface area contributed by atoms with E-state index in [2.05, 4.69) is 193 Å². The number of hydrogen-bond donors (Lipinski definition) is 0. The molecule has 0 radical (unpaired) electrons. The van der Waals surface area contributed by atoms with Gasteiger partial charge in [-0.05, 0) is 119 Å². The molecule has 5 rings (SSSR count). The van der Waals surface area contributed by atoms with E-state index in [1.165, 1.54) is 33.4 Å². The number of nitrogens with zero attached hydrogens (tertiary/aromatic N) is 1. The van der Waals surface area contributed by atoms with E-state index in [1.807, 2.05) is 37.3 Å². The van der Waals surface area contributed by atoms with Gasteiger partial charge in [0.2, 0.25) is 0 Å².